The van der Waals surface area contributed by atoms with Crippen molar-refractivity contribution >= 4 is 5.91 Å². The summed E-state index contributed by atoms with van der Waals surface area (Å²) in [6, 6.07) is 9.07. The van der Waals surface area contributed by atoms with Gasteiger partial charge in [-0.1, -0.05) is 0 Å². The summed E-state index contributed by atoms with van der Waals surface area (Å²) in [5.74, 6) is 1.18. The summed E-state index contributed by atoms with van der Waals surface area (Å²) in [5.41, 5.74) is 0. The zero-order chi connectivity index (χ0) is 16.9. The van der Waals surface area contributed by atoms with E-state index >= 15 is 0 Å². The first-order valence-corrected chi connectivity index (χ1v) is 8.03. The van der Waals surface area contributed by atoms with Crippen LogP contribution in [0.3, 0.4) is 0 Å². The predicted molar refractivity (Wildman–Crippen MR) is 85.2 cm³/mol. The minimum atomic E-state index is -0.321. The van der Waals surface area contributed by atoms with Gasteiger partial charge in [-0.3, -0.25) is 4.79 Å². The summed E-state index contributed by atoms with van der Waals surface area (Å²) >= 11 is 0. The lowest BCUT2D eigenvalue weighted by molar-refractivity contribution is 0.0616. The number of rotatable bonds is 5. The van der Waals surface area contributed by atoms with E-state index in [9.17, 15) is 9.18 Å². The van der Waals surface area contributed by atoms with Crippen molar-refractivity contribution in [3.63, 3.8) is 0 Å². The molecule has 0 atom stereocenters. The van der Waals surface area contributed by atoms with Crippen molar-refractivity contribution in [1.82, 2.24) is 4.90 Å². The normalized spacial score (nSPS) is 15.5. The second kappa shape index (κ2) is 7.49. The number of carbonyl (C=O) groups excluding carboxylic acids is 1. The van der Waals surface area contributed by atoms with Crippen LogP contribution in [0, 0.1) is 11.7 Å². The predicted octanol–water partition coefficient (Wildman–Crippen LogP) is 2.84. The van der Waals surface area contributed by atoms with Gasteiger partial charge in [-0.05, 0) is 55.2 Å². The molecule has 6 heteroatoms. The van der Waals surface area contributed by atoms with Crippen molar-refractivity contribution in [2.24, 2.45) is 5.92 Å². The molecule has 1 fully saturated rings. The molecular formula is C18H20FNO4. The molecular weight excluding hydrogens is 313 g/mol. The number of hydrogen-bond donors (Lipinski definition) is 1. The molecule has 1 N–H and O–H groups in total. The molecule has 0 aliphatic carbocycles. The minimum absolute atomic E-state index is 0.139. The Morgan fingerprint density at radius 2 is 1.92 bits per heavy atom. The molecule has 0 spiro atoms. The van der Waals surface area contributed by atoms with Crippen LogP contribution in [0.5, 0.6) is 5.75 Å². The largest absolute Gasteiger partial charge is 0.486 e. The van der Waals surface area contributed by atoms with E-state index in [1.807, 2.05) is 0 Å². The van der Waals surface area contributed by atoms with Gasteiger partial charge >= 0.3 is 0 Å². The van der Waals surface area contributed by atoms with E-state index in [4.69, 9.17) is 14.3 Å². The molecule has 1 aromatic heterocycles. The molecule has 1 aliphatic heterocycles. The fraction of sp³-hybridized carbons (Fsp3) is 0.389. The van der Waals surface area contributed by atoms with Gasteiger partial charge in [0, 0.05) is 19.7 Å². The minimum Gasteiger partial charge on any atom is -0.486 e. The topological polar surface area (TPSA) is 62.9 Å². The summed E-state index contributed by atoms with van der Waals surface area (Å²) in [7, 11) is 0. The lowest BCUT2D eigenvalue weighted by Crippen LogP contribution is -2.39. The molecule has 0 radical (unpaired) electrons. The van der Waals surface area contributed by atoms with Crippen LogP contribution in [0.1, 0.15) is 29.2 Å². The van der Waals surface area contributed by atoms with Gasteiger partial charge in [0.25, 0.3) is 5.91 Å². The Hall–Kier alpha value is -2.34. The van der Waals surface area contributed by atoms with Crippen molar-refractivity contribution < 1.29 is 23.4 Å². The van der Waals surface area contributed by atoms with Crippen LogP contribution < -0.4 is 4.74 Å². The van der Waals surface area contributed by atoms with Crippen LogP contribution in [-0.2, 0) is 6.61 Å². The standard InChI is InChI=1S/C18H20FNO4/c19-14-1-3-15(4-2-14)23-12-16-5-6-17(24-16)18(22)20-9-7-13(11-21)8-10-20/h1-6,13,21H,7-12H2. The van der Waals surface area contributed by atoms with Crippen molar-refractivity contribution in [3.05, 3.63) is 53.7 Å². The quantitative estimate of drug-likeness (QED) is 0.914. The average molecular weight is 333 g/mol. The summed E-state index contributed by atoms with van der Waals surface area (Å²) in [5, 5.41) is 9.15. The molecule has 1 saturated heterocycles. The molecule has 5 nitrogen and oxygen atoms in total. The Balaban J connectivity index is 1.55. The zero-order valence-corrected chi connectivity index (χ0v) is 13.3. The molecule has 2 heterocycles. The third kappa shape index (κ3) is 3.94. The van der Waals surface area contributed by atoms with Crippen LogP contribution in [0.15, 0.2) is 40.8 Å². The van der Waals surface area contributed by atoms with E-state index in [-0.39, 0.29) is 36.6 Å². The SMILES string of the molecule is O=C(c1ccc(COc2ccc(F)cc2)o1)N1CCC(CO)CC1. The first-order chi connectivity index (χ1) is 11.7. The molecule has 1 amide bonds. The highest BCUT2D eigenvalue weighted by Crippen LogP contribution is 2.20. The highest BCUT2D eigenvalue weighted by Gasteiger charge is 2.25. The van der Waals surface area contributed by atoms with Gasteiger partial charge in [-0.2, -0.15) is 0 Å². The lowest BCUT2D eigenvalue weighted by atomic mass is 9.98. The number of furan rings is 1. The fourth-order valence-corrected chi connectivity index (χ4v) is 2.73. The second-order valence-electron chi connectivity index (χ2n) is 5.93. The number of aliphatic hydroxyl groups is 1. The molecule has 24 heavy (non-hydrogen) atoms. The molecule has 0 bridgehead atoms. The van der Waals surface area contributed by atoms with Gasteiger partial charge in [-0.25, -0.2) is 4.39 Å². The summed E-state index contributed by atoms with van der Waals surface area (Å²) < 4.78 is 23.9. The fourth-order valence-electron chi connectivity index (χ4n) is 2.73. The zero-order valence-electron chi connectivity index (χ0n) is 13.3. The Morgan fingerprint density at radius 3 is 2.58 bits per heavy atom. The third-order valence-corrected chi connectivity index (χ3v) is 4.23. The Labute approximate surface area is 139 Å². The van der Waals surface area contributed by atoms with E-state index in [1.165, 1.54) is 24.3 Å². The third-order valence-electron chi connectivity index (χ3n) is 4.23. The number of nitrogens with zero attached hydrogens (tertiary/aromatic N) is 1. The molecule has 1 aliphatic rings. The van der Waals surface area contributed by atoms with Crippen LogP contribution in [0.25, 0.3) is 0 Å². The molecule has 0 saturated carbocycles. The Bertz CT molecular complexity index is 675. The number of hydrogen-bond acceptors (Lipinski definition) is 4. The van der Waals surface area contributed by atoms with E-state index in [0.717, 1.165) is 12.8 Å². The highest BCUT2D eigenvalue weighted by molar-refractivity contribution is 5.91. The van der Waals surface area contributed by atoms with Gasteiger partial charge in [0.1, 0.15) is 23.9 Å². The maximum absolute atomic E-state index is 12.8. The highest BCUT2D eigenvalue weighted by atomic mass is 19.1. The maximum Gasteiger partial charge on any atom is 0.289 e. The summed E-state index contributed by atoms with van der Waals surface area (Å²) in [6.07, 6.45) is 1.62. The smallest absolute Gasteiger partial charge is 0.289 e. The van der Waals surface area contributed by atoms with Crippen molar-refractivity contribution in [2.45, 2.75) is 19.4 Å². The van der Waals surface area contributed by atoms with E-state index in [2.05, 4.69) is 0 Å². The Kier molecular flexibility index (Phi) is 5.15. The van der Waals surface area contributed by atoms with Gasteiger partial charge in [0.05, 0.1) is 0 Å². The van der Waals surface area contributed by atoms with Gasteiger partial charge in [0.2, 0.25) is 0 Å². The Morgan fingerprint density at radius 1 is 1.21 bits per heavy atom. The van der Waals surface area contributed by atoms with Crippen LogP contribution in [-0.4, -0.2) is 35.6 Å². The number of aliphatic hydroxyl groups excluding tert-OH is 1. The van der Waals surface area contributed by atoms with Gasteiger partial charge in [0.15, 0.2) is 5.76 Å². The van der Waals surface area contributed by atoms with Crippen molar-refractivity contribution in [1.29, 1.82) is 0 Å². The van der Waals surface area contributed by atoms with Gasteiger partial charge in [-0.15, -0.1) is 0 Å². The summed E-state index contributed by atoms with van der Waals surface area (Å²) in [4.78, 5) is 14.2. The first-order valence-electron chi connectivity index (χ1n) is 8.03. The maximum atomic E-state index is 12.8. The van der Waals surface area contributed by atoms with E-state index in [1.54, 1.807) is 17.0 Å². The van der Waals surface area contributed by atoms with Crippen molar-refractivity contribution in [2.75, 3.05) is 19.7 Å². The van der Waals surface area contributed by atoms with Gasteiger partial charge < -0.3 is 19.2 Å². The average Bonchev–Trinajstić information content (AvgIpc) is 3.10. The number of amides is 1. The first kappa shape index (κ1) is 16.5. The monoisotopic (exact) mass is 333 g/mol. The van der Waals surface area contributed by atoms with E-state index < -0.39 is 0 Å². The number of piperidine rings is 1. The van der Waals surface area contributed by atoms with Crippen LogP contribution >= 0.6 is 0 Å². The number of ether oxygens (including phenoxy) is 1. The van der Waals surface area contributed by atoms with Crippen LogP contribution in [0.2, 0.25) is 0 Å². The second-order valence-corrected chi connectivity index (χ2v) is 5.93. The lowest BCUT2D eigenvalue weighted by Gasteiger charge is -2.30. The number of carbonyl (C=O) groups is 1. The van der Waals surface area contributed by atoms with Crippen LogP contribution in [0.4, 0.5) is 4.39 Å². The molecule has 128 valence electrons. The number of likely N-dealkylation sites (tertiary alicyclic amines) is 1. The molecule has 1 aromatic carbocycles. The van der Waals surface area contributed by atoms with E-state index in [0.29, 0.717) is 24.6 Å². The number of benzene rings is 1. The molecule has 0 unspecified atom stereocenters. The van der Waals surface area contributed by atoms with Crippen molar-refractivity contribution in [3.8, 4) is 5.75 Å². The molecule has 3 rings (SSSR count). The summed E-state index contributed by atoms with van der Waals surface area (Å²) in [6.45, 7) is 1.61. The number of halogens is 1. The molecule has 2 aromatic rings.